The Balaban J connectivity index is 1.96. The van der Waals surface area contributed by atoms with Crippen LogP contribution in [0.4, 0.5) is 0 Å². The minimum absolute atomic E-state index is 0.253. The van der Waals surface area contributed by atoms with Crippen molar-refractivity contribution in [1.82, 2.24) is 24.6 Å². The van der Waals surface area contributed by atoms with Crippen LogP contribution in [0.5, 0.6) is 5.75 Å². The second-order valence-corrected chi connectivity index (χ2v) is 4.99. The molecule has 3 heterocycles. The molecule has 1 aromatic carbocycles. The van der Waals surface area contributed by atoms with Crippen LogP contribution in [0.15, 0.2) is 42.6 Å². The van der Waals surface area contributed by atoms with Gasteiger partial charge in [-0.2, -0.15) is 4.52 Å². The summed E-state index contributed by atoms with van der Waals surface area (Å²) in [7, 11) is 1.63. The van der Waals surface area contributed by atoms with Crippen LogP contribution in [0, 0.1) is 0 Å². The highest BCUT2D eigenvalue weighted by atomic mass is 35.5. The van der Waals surface area contributed by atoms with E-state index in [1.165, 1.54) is 4.52 Å². The Morgan fingerprint density at radius 3 is 2.68 bits per heavy atom. The Morgan fingerprint density at radius 2 is 1.91 bits per heavy atom. The monoisotopic (exact) mass is 311 g/mol. The lowest BCUT2D eigenvalue weighted by Gasteiger charge is -1.99. The van der Waals surface area contributed by atoms with Crippen LogP contribution >= 0.6 is 11.6 Å². The van der Waals surface area contributed by atoms with E-state index < -0.39 is 0 Å². The Hall–Kier alpha value is -2.73. The highest BCUT2D eigenvalue weighted by Crippen LogP contribution is 2.24. The van der Waals surface area contributed by atoms with Crippen molar-refractivity contribution in [3.05, 3.63) is 47.9 Å². The molecule has 108 valence electrons. The van der Waals surface area contributed by atoms with Gasteiger partial charge in [-0.15, -0.1) is 5.10 Å². The molecule has 0 spiro atoms. The number of fused-ring (bicyclic) bond motifs is 3. The molecule has 0 N–H and O–H groups in total. The molecular weight excluding hydrogens is 302 g/mol. The first-order valence-corrected chi connectivity index (χ1v) is 6.95. The average molecular weight is 312 g/mol. The lowest BCUT2D eigenvalue weighted by atomic mass is 10.2. The number of hydrogen-bond acceptors (Lipinski definition) is 5. The topological polar surface area (TPSA) is 65.2 Å². The zero-order chi connectivity index (χ0) is 15.1. The second-order valence-electron chi connectivity index (χ2n) is 4.65. The van der Waals surface area contributed by atoms with Crippen LogP contribution in [-0.2, 0) is 0 Å². The molecule has 0 atom stereocenters. The predicted octanol–water partition coefficient (Wildman–Crippen LogP) is 3.00. The molecule has 0 saturated heterocycles. The van der Waals surface area contributed by atoms with Crippen molar-refractivity contribution in [2.75, 3.05) is 7.11 Å². The molecule has 7 heteroatoms. The summed E-state index contributed by atoms with van der Waals surface area (Å²) < 4.78 is 6.65. The van der Waals surface area contributed by atoms with E-state index in [-0.39, 0.29) is 5.28 Å². The summed E-state index contributed by atoms with van der Waals surface area (Å²) in [6.07, 6.45) is 1.69. The third-order valence-electron chi connectivity index (χ3n) is 3.34. The van der Waals surface area contributed by atoms with E-state index in [4.69, 9.17) is 16.3 Å². The highest BCUT2D eigenvalue weighted by molar-refractivity contribution is 6.29. The molecule has 4 rings (SSSR count). The number of nitrogens with zero attached hydrogens (tertiary/aromatic N) is 5. The minimum Gasteiger partial charge on any atom is -0.497 e. The van der Waals surface area contributed by atoms with Gasteiger partial charge in [0.05, 0.1) is 12.6 Å². The summed E-state index contributed by atoms with van der Waals surface area (Å²) in [6, 6.07) is 11.2. The normalized spacial score (nSPS) is 11.2. The van der Waals surface area contributed by atoms with Crippen molar-refractivity contribution in [2.45, 2.75) is 0 Å². The SMILES string of the molecule is COc1ccc(-c2nc3c4ncccc4nc(Cl)n3n2)cc1. The number of methoxy groups -OCH3 is 1. The first-order valence-electron chi connectivity index (χ1n) is 6.58. The molecule has 0 amide bonds. The molecule has 6 nitrogen and oxygen atoms in total. The number of pyridine rings is 1. The predicted molar refractivity (Wildman–Crippen MR) is 83.1 cm³/mol. The van der Waals surface area contributed by atoms with Crippen LogP contribution in [0.3, 0.4) is 0 Å². The largest absolute Gasteiger partial charge is 0.497 e. The standard InChI is InChI=1S/C15H10ClN5O/c1-22-10-6-4-9(5-7-10)13-19-14-12-11(3-2-8-17-12)18-15(16)21(14)20-13/h2-8H,1H3. The fourth-order valence-corrected chi connectivity index (χ4v) is 2.47. The number of ether oxygens (including phenoxy) is 1. The fourth-order valence-electron chi connectivity index (χ4n) is 2.26. The van der Waals surface area contributed by atoms with Gasteiger partial charge in [0.25, 0.3) is 0 Å². The number of hydrogen-bond donors (Lipinski definition) is 0. The van der Waals surface area contributed by atoms with Gasteiger partial charge in [-0.3, -0.25) is 4.98 Å². The maximum absolute atomic E-state index is 6.19. The van der Waals surface area contributed by atoms with Crippen molar-refractivity contribution in [1.29, 1.82) is 0 Å². The maximum atomic E-state index is 6.19. The van der Waals surface area contributed by atoms with Crippen molar-refractivity contribution in [2.24, 2.45) is 0 Å². The van der Waals surface area contributed by atoms with E-state index in [9.17, 15) is 0 Å². The van der Waals surface area contributed by atoms with E-state index in [0.29, 0.717) is 22.5 Å². The van der Waals surface area contributed by atoms with Gasteiger partial charge in [0, 0.05) is 11.8 Å². The smallest absolute Gasteiger partial charge is 0.226 e. The van der Waals surface area contributed by atoms with Crippen LogP contribution in [0.1, 0.15) is 0 Å². The summed E-state index contributed by atoms with van der Waals surface area (Å²) in [5.41, 5.74) is 2.80. The Morgan fingerprint density at radius 1 is 1.09 bits per heavy atom. The van der Waals surface area contributed by atoms with Gasteiger partial charge in [0.1, 0.15) is 11.3 Å². The number of aromatic nitrogens is 5. The first kappa shape index (κ1) is 13.0. The molecule has 0 aliphatic rings. The molecule has 0 radical (unpaired) electrons. The van der Waals surface area contributed by atoms with Gasteiger partial charge in [-0.1, -0.05) is 0 Å². The van der Waals surface area contributed by atoms with Crippen LogP contribution < -0.4 is 4.74 Å². The van der Waals surface area contributed by atoms with E-state index >= 15 is 0 Å². The van der Waals surface area contributed by atoms with Gasteiger partial charge >= 0.3 is 0 Å². The Bertz CT molecular complexity index is 980. The molecule has 0 aliphatic heterocycles. The molecule has 0 fully saturated rings. The third kappa shape index (κ3) is 1.96. The summed E-state index contributed by atoms with van der Waals surface area (Å²) in [4.78, 5) is 13.2. The Kier molecular flexibility index (Phi) is 2.90. The van der Waals surface area contributed by atoms with Crippen LogP contribution in [0.25, 0.3) is 28.1 Å². The molecule has 22 heavy (non-hydrogen) atoms. The maximum Gasteiger partial charge on any atom is 0.226 e. The fraction of sp³-hybridized carbons (Fsp3) is 0.0667. The molecule has 4 aromatic rings. The molecule has 0 bridgehead atoms. The van der Waals surface area contributed by atoms with Gasteiger partial charge in [0.15, 0.2) is 11.5 Å². The number of halogens is 1. The van der Waals surface area contributed by atoms with Gasteiger partial charge in [-0.25, -0.2) is 9.97 Å². The lowest BCUT2D eigenvalue weighted by Crippen LogP contribution is -1.95. The molecule has 0 saturated carbocycles. The summed E-state index contributed by atoms with van der Waals surface area (Å²) in [5, 5.41) is 4.67. The highest BCUT2D eigenvalue weighted by Gasteiger charge is 2.14. The number of benzene rings is 1. The number of rotatable bonds is 2. The van der Waals surface area contributed by atoms with Crippen molar-refractivity contribution >= 4 is 28.3 Å². The molecular formula is C15H10ClN5O. The van der Waals surface area contributed by atoms with E-state index in [1.54, 1.807) is 13.3 Å². The quantitative estimate of drug-likeness (QED) is 0.532. The summed E-state index contributed by atoms with van der Waals surface area (Å²) in [5.74, 6) is 1.34. The minimum atomic E-state index is 0.253. The van der Waals surface area contributed by atoms with Crippen molar-refractivity contribution in [3.8, 4) is 17.1 Å². The van der Waals surface area contributed by atoms with Crippen molar-refractivity contribution < 1.29 is 4.74 Å². The zero-order valence-electron chi connectivity index (χ0n) is 11.6. The molecule has 0 aliphatic carbocycles. The molecule has 0 unspecified atom stereocenters. The van der Waals surface area contributed by atoms with Crippen molar-refractivity contribution in [3.63, 3.8) is 0 Å². The Labute approximate surface area is 130 Å². The van der Waals surface area contributed by atoms with Crippen LogP contribution in [-0.4, -0.2) is 31.7 Å². The van der Waals surface area contributed by atoms with E-state index in [0.717, 1.165) is 11.3 Å². The van der Waals surface area contributed by atoms with Gasteiger partial charge < -0.3 is 4.74 Å². The second kappa shape index (κ2) is 4.92. The van der Waals surface area contributed by atoms with E-state index in [2.05, 4.69) is 20.1 Å². The summed E-state index contributed by atoms with van der Waals surface area (Å²) >= 11 is 6.19. The average Bonchev–Trinajstić information content (AvgIpc) is 3.01. The first-order chi connectivity index (χ1) is 10.8. The lowest BCUT2D eigenvalue weighted by molar-refractivity contribution is 0.415. The van der Waals surface area contributed by atoms with Gasteiger partial charge in [-0.05, 0) is 48.0 Å². The van der Waals surface area contributed by atoms with E-state index in [1.807, 2.05) is 36.4 Å². The summed E-state index contributed by atoms with van der Waals surface area (Å²) in [6.45, 7) is 0. The van der Waals surface area contributed by atoms with Gasteiger partial charge in [0.2, 0.25) is 5.28 Å². The molecule has 3 aromatic heterocycles. The zero-order valence-corrected chi connectivity index (χ0v) is 12.3. The third-order valence-corrected chi connectivity index (χ3v) is 3.59. The van der Waals surface area contributed by atoms with Crippen LogP contribution in [0.2, 0.25) is 5.28 Å².